The predicted molar refractivity (Wildman–Crippen MR) is 83.0 cm³/mol. The lowest BCUT2D eigenvalue weighted by atomic mass is 9.96. The summed E-state index contributed by atoms with van der Waals surface area (Å²) in [5.41, 5.74) is 5.29. The van der Waals surface area contributed by atoms with Crippen LogP contribution in [0.5, 0.6) is 0 Å². The molecule has 0 spiro atoms. The Bertz CT molecular complexity index is 511. The fraction of sp³-hybridized carbons (Fsp3) is 0.667. The molecule has 0 unspecified atom stereocenters. The minimum atomic E-state index is -0.451. The van der Waals surface area contributed by atoms with Crippen LogP contribution < -0.4 is 5.73 Å². The molecule has 1 aromatic heterocycles. The van der Waals surface area contributed by atoms with E-state index in [9.17, 15) is 9.59 Å². The highest BCUT2D eigenvalue weighted by Gasteiger charge is 2.32. The molecular formula is C15H23N3O2S. The molecule has 1 saturated heterocycles. The van der Waals surface area contributed by atoms with Gasteiger partial charge >= 0.3 is 0 Å². The number of piperidine rings is 1. The number of carbonyl (C=O) groups is 2. The van der Waals surface area contributed by atoms with Crippen molar-refractivity contribution in [3.05, 3.63) is 16.1 Å². The molecule has 1 fully saturated rings. The van der Waals surface area contributed by atoms with Crippen LogP contribution in [0.25, 0.3) is 0 Å². The van der Waals surface area contributed by atoms with Crippen molar-refractivity contribution in [2.24, 2.45) is 11.7 Å². The van der Waals surface area contributed by atoms with Crippen molar-refractivity contribution in [2.75, 3.05) is 6.54 Å². The van der Waals surface area contributed by atoms with Crippen molar-refractivity contribution >= 4 is 23.2 Å². The van der Waals surface area contributed by atoms with Gasteiger partial charge in [0.1, 0.15) is 9.88 Å². The first kappa shape index (κ1) is 15.9. The van der Waals surface area contributed by atoms with Crippen molar-refractivity contribution < 1.29 is 9.59 Å². The molecule has 21 heavy (non-hydrogen) atoms. The second-order valence-electron chi connectivity index (χ2n) is 5.48. The number of rotatable bonds is 5. The zero-order chi connectivity index (χ0) is 15.4. The number of carbonyl (C=O) groups excluding carboxylic acids is 2. The fourth-order valence-electron chi connectivity index (χ4n) is 2.88. The van der Waals surface area contributed by atoms with Crippen molar-refractivity contribution in [1.82, 2.24) is 9.88 Å². The van der Waals surface area contributed by atoms with Crippen LogP contribution in [0.15, 0.2) is 6.20 Å². The van der Waals surface area contributed by atoms with Crippen LogP contribution in [0, 0.1) is 5.92 Å². The average Bonchev–Trinajstić information content (AvgIpc) is 2.98. The molecular weight excluding hydrogens is 286 g/mol. The van der Waals surface area contributed by atoms with E-state index in [1.54, 1.807) is 0 Å². The van der Waals surface area contributed by atoms with E-state index in [2.05, 4.69) is 18.8 Å². The Morgan fingerprint density at radius 2 is 2.14 bits per heavy atom. The van der Waals surface area contributed by atoms with E-state index >= 15 is 0 Å². The van der Waals surface area contributed by atoms with Crippen LogP contribution in [-0.2, 0) is 4.79 Å². The molecule has 1 aromatic rings. The standard InChI is InChI=1S/C15H23N3O2S/c1-3-10(4-2)15(20)18-8-6-5-7-11(18)14-17-9-12(21-14)13(16)19/h9-11H,3-8H2,1-2H3,(H2,16,19)/t11-/m0/s1. The second kappa shape index (κ2) is 7.02. The lowest BCUT2D eigenvalue weighted by molar-refractivity contribution is -0.139. The molecule has 0 bridgehead atoms. The minimum Gasteiger partial charge on any atom is -0.365 e. The number of aromatic nitrogens is 1. The summed E-state index contributed by atoms with van der Waals surface area (Å²) in [6.45, 7) is 4.89. The first-order chi connectivity index (χ1) is 10.1. The molecule has 6 heteroatoms. The van der Waals surface area contributed by atoms with Gasteiger partial charge < -0.3 is 10.6 Å². The van der Waals surface area contributed by atoms with Crippen LogP contribution in [0.4, 0.5) is 0 Å². The molecule has 2 N–H and O–H groups in total. The largest absolute Gasteiger partial charge is 0.365 e. The first-order valence-corrected chi connectivity index (χ1v) is 8.46. The van der Waals surface area contributed by atoms with Gasteiger partial charge in [0.15, 0.2) is 0 Å². The lowest BCUT2D eigenvalue weighted by Crippen LogP contribution is -2.41. The van der Waals surface area contributed by atoms with E-state index in [4.69, 9.17) is 5.73 Å². The quantitative estimate of drug-likeness (QED) is 0.908. The highest BCUT2D eigenvalue weighted by molar-refractivity contribution is 7.13. The maximum atomic E-state index is 12.7. The number of primary amides is 1. The van der Waals surface area contributed by atoms with Crippen LogP contribution >= 0.6 is 11.3 Å². The molecule has 2 rings (SSSR count). The average molecular weight is 309 g/mol. The van der Waals surface area contributed by atoms with E-state index in [-0.39, 0.29) is 17.9 Å². The van der Waals surface area contributed by atoms with Gasteiger partial charge in [-0.1, -0.05) is 13.8 Å². The molecule has 1 atom stereocenters. The second-order valence-corrected chi connectivity index (χ2v) is 6.55. The topological polar surface area (TPSA) is 76.3 Å². The van der Waals surface area contributed by atoms with Gasteiger partial charge in [-0.05, 0) is 32.1 Å². The third-order valence-corrected chi connectivity index (χ3v) is 5.29. The SMILES string of the molecule is CCC(CC)C(=O)N1CCCC[C@H]1c1ncc(C(N)=O)s1. The number of thiazole rings is 1. The molecule has 0 saturated carbocycles. The Kier molecular flexibility index (Phi) is 5.33. The van der Waals surface area contributed by atoms with E-state index < -0.39 is 5.91 Å². The number of nitrogens with zero attached hydrogens (tertiary/aromatic N) is 2. The molecule has 5 nitrogen and oxygen atoms in total. The van der Waals surface area contributed by atoms with Gasteiger partial charge in [-0.25, -0.2) is 4.98 Å². The van der Waals surface area contributed by atoms with Crippen LogP contribution in [-0.4, -0.2) is 28.2 Å². The summed E-state index contributed by atoms with van der Waals surface area (Å²) in [4.78, 5) is 30.7. The molecule has 2 heterocycles. The highest BCUT2D eigenvalue weighted by Crippen LogP contribution is 2.34. The molecule has 0 radical (unpaired) electrons. The lowest BCUT2D eigenvalue weighted by Gasteiger charge is -2.36. The number of amides is 2. The summed E-state index contributed by atoms with van der Waals surface area (Å²) in [6.07, 6.45) is 6.29. The number of likely N-dealkylation sites (tertiary alicyclic amines) is 1. The zero-order valence-electron chi connectivity index (χ0n) is 12.7. The summed E-state index contributed by atoms with van der Waals surface area (Å²) in [5, 5.41) is 0.836. The monoisotopic (exact) mass is 309 g/mol. The van der Waals surface area contributed by atoms with Gasteiger partial charge in [0.2, 0.25) is 5.91 Å². The molecule has 1 aliphatic heterocycles. The first-order valence-electron chi connectivity index (χ1n) is 7.64. The number of nitrogens with two attached hydrogens (primary N) is 1. The molecule has 1 aliphatic rings. The summed E-state index contributed by atoms with van der Waals surface area (Å²) in [7, 11) is 0. The number of hydrogen-bond acceptors (Lipinski definition) is 4. The Hall–Kier alpha value is -1.43. The highest BCUT2D eigenvalue weighted by atomic mass is 32.1. The Balaban J connectivity index is 2.21. The van der Waals surface area contributed by atoms with E-state index in [1.165, 1.54) is 17.5 Å². The van der Waals surface area contributed by atoms with Gasteiger partial charge in [-0.3, -0.25) is 9.59 Å². The van der Waals surface area contributed by atoms with Crippen molar-refractivity contribution in [3.63, 3.8) is 0 Å². The van der Waals surface area contributed by atoms with Gasteiger partial charge in [-0.2, -0.15) is 0 Å². The number of hydrogen-bond donors (Lipinski definition) is 1. The maximum absolute atomic E-state index is 12.7. The Morgan fingerprint density at radius 3 is 2.71 bits per heavy atom. The van der Waals surface area contributed by atoms with E-state index in [1.807, 2.05) is 4.90 Å². The van der Waals surface area contributed by atoms with Crippen molar-refractivity contribution in [3.8, 4) is 0 Å². The summed E-state index contributed by atoms with van der Waals surface area (Å²) in [6, 6.07) is 0.00458. The van der Waals surface area contributed by atoms with Crippen LogP contribution in [0.2, 0.25) is 0 Å². The predicted octanol–water partition coefficient (Wildman–Crippen LogP) is 2.73. The van der Waals surface area contributed by atoms with Crippen LogP contribution in [0.1, 0.15) is 66.7 Å². The summed E-state index contributed by atoms with van der Waals surface area (Å²) < 4.78 is 0. The van der Waals surface area contributed by atoms with E-state index in [0.717, 1.165) is 43.7 Å². The van der Waals surface area contributed by atoms with E-state index in [0.29, 0.717) is 4.88 Å². The third-order valence-electron chi connectivity index (χ3n) is 4.17. The van der Waals surface area contributed by atoms with Gasteiger partial charge in [-0.15, -0.1) is 11.3 Å². The zero-order valence-corrected chi connectivity index (χ0v) is 13.5. The van der Waals surface area contributed by atoms with Crippen LogP contribution in [0.3, 0.4) is 0 Å². The van der Waals surface area contributed by atoms with Gasteiger partial charge in [0.25, 0.3) is 5.91 Å². The molecule has 2 amide bonds. The fourth-order valence-corrected chi connectivity index (χ4v) is 3.80. The smallest absolute Gasteiger partial charge is 0.260 e. The third kappa shape index (κ3) is 3.43. The minimum absolute atomic E-state index is 0.00458. The molecule has 0 aliphatic carbocycles. The maximum Gasteiger partial charge on any atom is 0.260 e. The molecule has 0 aromatic carbocycles. The Labute approximate surface area is 129 Å². The normalized spacial score (nSPS) is 19.0. The summed E-state index contributed by atoms with van der Waals surface area (Å²) in [5.74, 6) is -0.144. The Morgan fingerprint density at radius 1 is 1.43 bits per heavy atom. The van der Waals surface area contributed by atoms with Crippen molar-refractivity contribution in [1.29, 1.82) is 0 Å². The molecule has 116 valence electrons. The van der Waals surface area contributed by atoms with Gasteiger partial charge in [0, 0.05) is 12.5 Å². The summed E-state index contributed by atoms with van der Waals surface area (Å²) >= 11 is 1.32. The van der Waals surface area contributed by atoms with Crippen molar-refractivity contribution in [2.45, 2.75) is 52.0 Å². The van der Waals surface area contributed by atoms with Gasteiger partial charge in [0.05, 0.1) is 12.2 Å².